The highest BCUT2D eigenvalue weighted by Gasteiger charge is 2.28. The Labute approximate surface area is 92.0 Å². The summed E-state index contributed by atoms with van der Waals surface area (Å²) in [7, 11) is 3.68. The van der Waals surface area contributed by atoms with Crippen molar-refractivity contribution < 1.29 is 9.53 Å². The summed E-state index contributed by atoms with van der Waals surface area (Å²) in [5.41, 5.74) is 0.260. The fraction of sp³-hybridized carbons (Fsp3) is 0.909. The fourth-order valence-electron chi connectivity index (χ4n) is 1.83. The van der Waals surface area contributed by atoms with E-state index in [1.165, 1.54) is 7.11 Å². The summed E-state index contributed by atoms with van der Waals surface area (Å²) in [6.45, 7) is 5.42. The average molecular weight is 214 g/mol. The Balaban J connectivity index is 2.27. The van der Waals surface area contributed by atoms with Crippen molar-refractivity contribution in [2.45, 2.75) is 19.8 Å². The molecule has 1 heterocycles. The number of piperidine rings is 1. The van der Waals surface area contributed by atoms with Crippen LogP contribution in [0.1, 0.15) is 19.8 Å². The molecule has 1 amide bonds. The standard InChI is InChI=1S/C11H22N2O2/c1-11(4-6-13(2)7-5-11)9-12-10(14)8-15-3/h4-9H2,1-3H3,(H,12,14). The van der Waals surface area contributed by atoms with E-state index in [9.17, 15) is 4.79 Å². The minimum atomic E-state index is -0.0161. The van der Waals surface area contributed by atoms with Crippen molar-refractivity contribution in [1.82, 2.24) is 10.2 Å². The summed E-state index contributed by atoms with van der Waals surface area (Å²) in [5.74, 6) is -0.0161. The molecular formula is C11H22N2O2. The molecule has 1 saturated heterocycles. The number of hydrogen-bond acceptors (Lipinski definition) is 3. The van der Waals surface area contributed by atoms with Gasteiger partial charge in [0, 0.05) is 13.7 Å². The van der Waals surface area contributed by atoms with Gasteiger partial charge in [-0.15, -0.1) is 0 Å². The van der Waals surface area contributed by atoms with Gasteiger partial charge in [-0.2, -0.15) is 0 Å². The molecule has 4 heteroatoms. The van der Waals surface area contributed by atoms with Gasteiger partial charge in [-0.05, 0) is 38.4 Å². The van der Waals surface area contributed by atoms with E-state index in [1.807, 2.05) is 0 Å². The molecule has 1 N–H and O–H groups in total. The number of methoxy groups -OCH3 is 1. The fourth-order valence-corrected chi connectivity index (χ4v) is 1.83. The number of ether oxygens (including phenoxy) is 1. The van der Waals surface area contributed by atoms with Crippen LogP contribution in [-0.4, -0.2) is 51.2 Å². The molecule has 0 aromatic rings. The second-order valence-electron chi connectivity index (χ2n) is 4.82. The van der Waals surface area contributed by atoms with Crippen LogP contribution in [-0.2, 0) is 9.53 Å². The first-order valence-corrected chi connectivity index (χ1v) is 5.50. The molecular weight excluding hydrogens is 192 g/mol. The molecule has 1 rings (SSSR count). The molecule has 0 spiro atoms. The zero-order valence-corrected chi connectivity index (χ0v) is 10.0. The largest absolute Gasteiger partial charge is 0.375 e. The van der Waals surface area contributed by atoms with Crippen molar-refractivity contribution >= 4 is 5.91 Å². The van der Waals surface area contributed by atoms with Gasteiger partial charge >= 0.3 is 0 Å². The molecule has 0 unspecified atom stereocenters. The van der Waals surface area contributed by atoms with E-state index < -0.39 is 0 Å². The predicted octanol–water partition coefficient (Wildman–Crippen LogP) is 0.481. The Morgan fingerprint density at radius 3 is 2.60 bits per heavy atom. The lowest BCUT2D eigenvalue weighted by Gasteiger charge is -2.37. The lowest BCUT2D eigenvalue weighted by molar-refractivity contribution is -0.125. The maximum atomic E-state index is 11.2. The minimum Gasteiger partial charge on any atom is -0.375 e. The van der Waals surface area contributed by atoms with E-state index in [0.717, 1.165) is 32.5 Å². The maximum absolute atomic E-state index is 11.2. The quantitative estimate of drug-likeness (QED) is 0.740. The Hall–Kier alpha value is -0.610. The van der Waals surface area contributed by atoms with E-state index in [1.54, 1.807) is 0 Å². The molecule has 88 valence electrons. The van der Waals surface area contributed by atoms with Crippen molar-refractivity contribution in [3.8, 4) is 0 Å². The van der Waals surface area contributed by atoms with Gasteiger partial charge in [0.2, 0.25) is 5.91 Å². The molecule has 1 fully saturated rings. The molecule has 0 aromatic carbocycles. The summed E-state index contributed by atoms with van der Waals surface area (Å²) in [6, 6.07) is 0. The highest BCUT2D eigenvalue weighted by Crippen LogP contribution is 2.29. The number of likely N-dealkylation sites (tertiary alicyclic amines) is 1. The van der Waals surface area contributed by atoms with E-state index in [2.05, 4.69) is 24.2 Å². The van der Waals surface area contributed by atoms with E-state index in [0.29, 0.717) is 0 Å². The Bertz CT molecular complexity index is 211. The van der Waals surface area contributed by atoms with Gasteiger partial charge in [-0.1, -0.05) is 6.92 Å². The zero-order chi connectivity index (χ0) is 11.3. The van der Waals surface area contributed by atoms with Crippen LogP contribution in [0.3, 0.4) is 0 Å². The van der Waals surface area contributed by atoms with Crippen LogP contribution in [0, 0.1) is 5.41 Å². The van der Waals surface area contributed by atoms with Crippen LogP contribution < -0.4 is 5.32 Å². The zero-order valence-electron chi connectivity index (χ0n) is 10.0. The first-order valence-electron chi connectivity index (χ1n) is 5.50. The van der Waals surface area contributed by atoms with Crippen molar-refractivity contribution in [3.63, 3.8) is 0 Å². The van der Waals surface area contributed by atoms with Crippen LogP contribution in [0.15, 0.2) is 0 Å². The summed E-state index contributed by atoms with van der Waals surface area (Å²) in [4.78, 5) is 13.6. The van der Waals surface area contributed by atoms with Crippen LogP contribution in [0.2, 0.25) is 0 Å². The highest BCUT2D eigenvalue weighted by molar-refractivity contribution is 5.77. The number of rotatable bonds is 4. The van der Waals surface area contributed by atoms with Gasteiger partial charge in [-0.3, -0.25) is 4.79 Å². The highest BCUT2D eigenvalue weighted by atomic mass is 16.5. The molecule has 15 heavy (non-hydrogen) atoms. The number of nitrogens with zero attached hydrogens (tertiary/aromatic N) is 1. The molecule has 0 bridgehead atoms. The summed E-state index contributed by atoms with van der Waals surface area (Å²) >= 11 is 0. The Kier molecular flexibility index (Phi) is 4.54. The lowest BCUT2D eigenvalue weighted by Crippen LogP contribution is -2.44. The predicted molar refractivity (Wildman–Crippen MR) is 59.7 cm³/mol. The third kappa shape index (κ3) is 4.18. The van der Waals surface area contributed by atoms with Crippen LogP contribution in [0.25, 0.3) is 0 Å². The Morgan fingerprint density at radius 2 is 2.07 bits per heavy atom. The molecule has 0 atom stereocenters. The molecule has 4 nitrogen and oxygen atoms in total. The first-order chi connectivity index (χ1) is 7.06. The molecule has 1 aliphatic heterocycles. The normalized spacial score (nSPS) is 21.3. The summed E-state index contributed by atoms with van der Waals surface area (Å²) in [5, 5.41) is 2.93. The maximum Gasteiger partial charge on any atom is 0.246 e. The lowest BCUT2D eigenvalue weighted by atomic mass is 9.80. The Morgan fingerprint density at radius 1 is 1.47 bits per heavy atom. The number of hydrogen-bond donors (Lipinski definition) is 1. The number of amides is 1. The molecule has 0 aliphatic carbocycles. The first kappa shape index (κ1) is 12.5. The topological polar surface area (TPSA) is 41.6 Å². The number of carbonyl (C=O) groups is 1. The average Bonchev–Trinajstić information content (AvgIpc) is 2.21. The van der Waals surface area contributed by atoms with Crippen molar-refractivity contribution in [1.29, 1.82) is 0 Å². The van der Waals surface area contributed by atoms with Crippen LogP contribution in [0.4, 0.5) is 0 Å². The van der Waals surface area contributed by atoms with Gasteiger partial charge in [-0.25, -0.2) is 0 Å². The number of carbonyl (C=O) groups excluding carboxylic acids is 1. The van der Waals surface area contributed by atoms with Crippen LogP contribution in [0.5, 0.6) is 0 Å². The molecule has 0 radical (unpaired) electrons. The molecule has 1 aliphatic rings. The molecule has 0 saturated carbocycles. The molecule has 0 aromatic heterocycles. The summed E-state index contributed by atoms with van der Waals surface area (Å²) < 4.78 is 4.77. The minimum absolute atomic E-state index is 0.0161. The van der Waals surface area contributed by atoms with Crippen LogP contribution >= 0.6 is 0 Å². The SMILES string of the molecule is COCC(=O)NCC1(C)CCN(C)CC1. The number of nitrogens with one attached hydrogen (secondary N) is 1. The van der Waals surface area contributed by atoms with Gasteiger partial charge in [0.15, 0.2) is 0 Å². The van der Waals surface area contributed by atoms with Gasteiger partial charge in [0.25, 0.3) is 0 Å². The van der Waals surface area contributed by atoms with Gasteiger partial charge in [0.1, 0.15) is 6.61 Å². The van der Waals surface area contributed by atoms with Gasteiger partial charge < -0.3 is 15.0 Å². The second-order valence-corrected chi connectivity index (χ2v) is 4.82. The second kappa shape index (κ2) is 5.47. The van der Waals surface area contributed by atoms with E-state index in [-0.39, 0.29) is 17.9 Å². The third-order valence-electron chi connectivity index (χ3n) is 3.18. The smallest absolute Gasteiger partial charge is 0.246 e. The van der Waals surface area contributed by atoms with E-state index in [4.69, 9.17) is 4.74 Å². The third-order valence-corrected chi connectivity index (χ3v) is 3.18. The van der Waals surface area contributed by atoms with Crippen molar-refractivity contribution in [3.05, 3.63) is 0 Å². The van der Waals surface area contributed by atoms with Gasteiger partial charge in [0.05, 0.1) is 0 Å². The van der Waals surface area contributed by atoms with Crippen molar-refractivity contribution in [2.24, 2.45) is 5.41 Å². The van der Waals surface area contributed by atoms with Crippen molar-refractivity contribution in [2.75, 3.05) is 40.4 Å². The monoisotopic (exact) mass is 214 g/mol. The summed E-state index contributed by atoms with van der Waals surface area (Å²) in [6.07, 6.45) is 2.30. The van der Waals surface area contributed by atoms with E-state index >= 15 is 0 Å².